The van der Waals surface area contributed by atoms with E-state index in [0.29, 0.717) is 19.3 Å². The Morgan fingerprint density at radius 3 is 2.19 bits per heavy atom. The SMILES string of the molecule is Cc1cc[c-]cn1.O=C1CCCC(=O)N1.[K+]. The third-order valence-electron chi connectivity index (χ3n) is 1.85. The van der Waals surface area contributed by atoms with Crippen molar-refractivity contribution in [2.24, 2.45) is 0 Å². The van der Waals surface area contributed by atoms with E-state index in [2.05, 4.69) is 16.4 Å². The van der Waals surface area contributed by atoms with E-state index in [1.807, 2.05) is 19.1 Å². The van der Waals surface area contributed by atoms with Crippen LogP contribution >= 0.6 is 0 Å². The zero-order chi connectivity index (χ0) is 11.1. The first-order valence-corrected chi connectivity index (χ1v) is 4.80. The predicted molar refractivity (Wildman–Crippen MR) is 54.8 cm³/mol. The van der Waals surface area contributed by atoms with Crippen molar-refractivity contribution in [2.45, 2.75) is 26.2 Å². The van der Waals surface area contributed by atoms with Crippen molar-refractivity contribution >= 4 is 11.8 Å². The molecular formula is C11H13KN2O2. The third-order valence-corrected chi connectivity index (χ3v) is 1.85. The fourth-order valence-electron chi connectivity index (χ4n) is 1.08. The van der Waals surface area contributed by atoms with Crippen molar-refractivity contribution < 1.29 is 61.0 Å². The molecule has 4 nitrogen and oxygen atoms in total. The number of piperidine rings is 1. The molecule has 1 aliphatic rings. The minimum atomic E-state index is -0.138. The van der Waals surface area contributed by atoms with Gasteiger partial charge in [-0.15, -0.1) is 0 Å². The first kappa shape index (κ1) is 15.9. The zero-order valence-electron chi connectivity index (χ0n) is 9.62. The average Bonchev–Trinajstić information content (AvgIpc) is 2.19. The van der Waals surface area contributed by atoms with Gasteiger partial charge in [-0.1, -0.05) is 6.20 Å². The Hall–Kier alpha value is -0.0736. The van der Waals surface area contributed by atoms with E-state index in [1.165, 1.54) is 0 Å². The molecule has 1 N–H and O–H groups in total. The Morgan fingerprint density at radius 2 is 1.94 bits per heavy atom. The van der Waals surface area contributed by atoms with E-state index in [1.54, 1.807) is 6.20 Å². The predicted octanol–water partition coefficient (Wildman–Crippen LogP) is -1.99. The largest absolute Gasteiger partial charge is 1.00 e. The normalized spacial score (nSPS) is 14.1. The number of carbonyl (C=O) groups excluding carboxylic acids is 2. The fraction of sp³-hybridized carbons (Fsp3) is 0.364. The van der Waals surface area contributed by atoms with Crippen LogP contribution in [0.1, 0.15) is 25.0 Å². The summed E-state index contributed by atoms with van der Waals surface area (Å²) in [6.07, 6.45) is 3.39. The number of nitrogens with one attached hydrogen (secondary N) is 1. The second kappa shape index (κ2) is 9.01. The number of pyridine rings is 1. The van der Waals surface area contributed by atoms with Crippen LogP contribution in [0.3, 0.4) is 0 Å². The van der Waals surface area contributed by atoms with Crippen LogP contribution < -0.4 is 56.7 Å². The molecule has 0 spiro atoms. The van der Waals surface area contributed by atoms with Crippen molar-refractivity contribution in [2.75, 3.05) is 0 Å². The summed E-state index contributed by atoms with van der Waals surface area (Å²) in [5.41, 5.74) is 1.04. The molecule has 0 unspecified atom stereocenters. The van der Waals surface area contributed by atoms with E-state index in [9.17, 15) is 9.59 Å². The maximum atomic E-state index is 10.3. The van der Waals surface area contributed by atoms with Crippen LogP contribution in [0.5, 0.6) is 0 Å². The van der Waals surface area contributed by atoms with Crippen LogP contribution in [0.4, 0.5) is 0 Å². The number of aromatic nitrogens is 1. The molecule has 0 atom stereocenters. The molecule has 0 aliphatic carbocycles. The van der Waals surface area contributed by atoms with Crippen molar-refractivity contribution in [3.05, 3.63) is 30.1 Å². The molecule has 80 valence electrons. The molecule has 1 aromatic heterocycles. The van der Waals surface area contributed by atoms with E-state index >= 15 is 0 Å². The number of imide groups is 1. The molecule has 1 aromatic rings. The number of aryl methyl sites for hydroxylation is 1. The van der Waals surface area contributed by atoms with E-state index in [-0.39, 0.29) is 63.2 Å². The van der Waals surface area contributed by atoms with Gasteiger partial charge in [0.2, 0.25) is 11.8 Å². The van der Waals surface area contributed by atoms with Gasteiger partial charge in [-0.3, -0.25) is 14.9 Å². The maximum absolute atomic E-state index is 10.3. The van der Waals surface area contributed by atoms with Crippen LogP contribution in [0, 0.1) is 13.0 Å². The van der Waals surface area contributed by atoms with E-state index < -0.39 is 0 Å². The summed E-state index contributed by atoms with van der Waals surface area (Å²) in [5.74, 6) is -0.275. The van der Waals surface area contributed by atoms with Crippen LogP contribution in [0.25, 0.3) is 0 Å². The topological polar surface area (TPSA) is 59.1 Å². The average molecular weight is 244 g/mol. The number of amides is 2. The van der Waals surface area contributed by atoms with Gasteiger partial charge in [-0.25, -0.2) is 12.1 Å². The second-order valence-electron chi connectivity index (χ2n) is 3.22. The first-order valence-electron chi connectivity index (χ1n) is 4.80. The van der Waals surface area contributed by atoms with Crippen molar-refractivity contribution in [3.8, 4) is 0 Å². The molecular weight excluding hydrogens is 231 g/mol. The van der Waals surface area contributed by atoms with Gasteiger partial charge in [0, 0.05) is 12.8 Å². The van der Waals surface area contributed by atoms with Crippen LogP contribution in [0.2, 0.25) is 0 Å². The fourth-order valence-corrected chi connectivity index (χ4v) is 1.08. The molecule has 0 radical (unpaired) electrons. The third kappa shape index (κ3) is 7.24. The van der Waals surface area contributed by atoms with Crippen LogP contribution in [0.15, 0.2) is 18.3 Å². The van der Waals surface area contributed by atoms with Gasteiger partial charge >= 0.3 is 51.4 Å². The molecule has 16 heavy (non-hydrogen) atoms. The van der Waals surface area contributed by atoms with Gasteiger partial charge in [0.25, 0.3) is 0 Å². The van der Waals surface area contributed by atoms with Gasteiger partial charge in [0.05, 0.1) is 0 Å². The Kier molecular flexibility index (Phi) is 8.97. The van der Waals surface area contributed by atoms with Crippen molar-refractivity contribution in [3.63, 3.8) is 0 Å². The molecule has 1 aliphatic heterocycles. The number of rotatable bonds is 0. The van der Waals surface area contributed by atoms with Gasteiger partial charge in [0.15, 0.2) is 0 Å². The van der Waals surface area contributed by atoms with Crippen LogP contribution in [-0.4, -0.2) is 16.8 Å². The minimum Gasteiger partial charge on any atom is -0.301 e. The molecule has 2 amide bonds. The van der Waals surface area contributed by atoms with Gasteiger partial charge in [-0.2, -0.15) is 6.07 Å². The Balaban J connectivity index is 0.000000267. The summed E-state index contributed by atoms with van der Waals surface area (Å²) in [6, 6.07) is 6.59. The Morgan fingerprint density at radius 1 is 1.31 bits per heavy atom. The molecule has 0 bridgehead atoms. The number of nitrogens with zero attached hydrogens (tertiary/aromatic N) is 1. The number of carbonyl (C=O) groups is 2. The number of hydrogen-bond acceptors (Lipinski definition) is 3. The standard InChI is InChI=1S/C6H6N.C5H7NO2.K/c1-6-4-2-3-5-7-6;7-4-2-1-3-5(8)6-4;/h2,4-5H,1H3;1-3H2,(H,6,7,8);/q-1;;+1. The zero-order valence-corrected chi connectivity index (χ0v) is 12.7. The smallest absolute Gasteiger partial charge is 0.301 e. The summed E-state index contributed by atoms with van der Waals surface area (Å²) < 4.78 is 0. The minimum absolute atomic E-state index is 0. The summed E-state index contributed by atoms with van der Waals surface area (Å²) >= 11 is 0. The van der Waals surface area contributed by atoms with Crippen molar-refractivity contribution in [1.82, 2.24) is 10.3 Å². The molecule has 0 saturated carbocycles. The summed E-state index contributed by atoms with van der Waals surface area (Å²) in [5, 5.41) is 2.20. The van der Waals surface area contributed by atoms with Gasteiger partial charge in [-0.05, 0) is 19.0 Å². The summed E-state index contributed by atoms with van der Waals surface area (Å²) in [6.45, 7) is 1.95. The Bertz CT molecular complexity index is 327. The van der Waals surface area contributed by atoms with Crippen molar-refractivity contribution in [1.29, 1.82) is 0 Å². The summed E-state index contributed by atoms with van der Waals surface area (Å²) in [4.78, 5) is 24.6. The van der Waals surface area contributed by atoms with Crippen LogP contribution in [-0.2, 0) is 9.59 Å². The number of hydrogen-bond donors (Lipinski definition) is 1. The first-order chi connectivity index (χ1) is 7.18. The monoisotopic (exact) mass is 244 g/mol. The molecule has 1 fully saturated rings. The molecule has 5 heteroatoms. The molecule has 2 heterocycles. The molecule has 0 aromatic carbocycles. The quantitative estimate of drug-likeness (QED) is 0.326. The molecule has 1 saturated heterocycles. The van der Waals surface area contributed by atoms with E-state index in [0.717, 1.165) is 5.69 Å². The maximum Gasteiger partial charge on any atom is 1.00 e. The van der Waals surface area contributed by atoms with Gasteiger partial charge in [0.1, 0.15) is 0 Å². The van der Waals surface area contributed by atoms with Gasteiger partial charge < -0.3 is 4.98 Å². The second-order valence-corrected chi connectivity index (χ2v) is 3.22. The Labute approximate surface area is 138 Å². The molecule has 2 rings (SSSR count). The van der Waals surface area contributed by atoms with E-state index in [4.69, 9.17) is 0 Å². The summed E-state index contributed by atoms with van der Waals surface area (Å²) in [7, 11) is 0.